The minimum Gasteiger partial charge on any atom is -0.207 e. The molecule has 0 fully saturated rings. The SMILES string of the molecule is C#CCC(c1cc(Br)ccc1F)C(C)C. The van der Waals surface area contributed by atoms with Crippen LogP contribution in [0, 0.1) is 24.1 Å². The molecule has 0 spiro atoms. The molecule has 80 valence electrons. The van der Waals surface area contributed by atoms with Crippen LogP contribution in [0.25, 0.3) is 0 Å². The Hall–Kier alpha value is -0.810. The van der Waals surface area contributed by atoms with Gasteiger partial charge in [-0.1, -0.05) is 29.8 Å². The summed E-state index contributed by atoms with van der Waals surface area (Å²) in [6.45, 7) is 4.12. The van der Waals surface area contributed by atoms with Gasteiger partial charge in [-0.3, -0.25) is 0 Å². The zero-order chi connectivity index (χ0) is 11.4. The van der Waals surface area contributed by atoms with Crippen LogP contribution in [0.4, 0.5) is 4.39 Å². The van der Waals surface area contributed by atoms with Crippen LogP contribution >= 0.6 is 15.9 Å². The summed E-state index contributed by atoms with van der Waals surface area (Å²) < 4.78 is 14.5. The van der Waals surface area contributed by atoms with E-state index in [1.807, 2.05) is 6.07 Å². The second kappa shape index (κ2) is 5.32. The molecule has 0 aliphatic heterocycles. The number of hydrogen-bond donors (Lipinski definition) is 0. The van der Waals surface area contributed by atoms with Crippen molar-refractivity contribution in [3.63, 3.8) is 0 Å². The summed E-state index contributed by atoms with van der Waals surface area (Å²) in [6, 6.07) is 4.99. The highest BCUT2D eigenvalue weighted by Crippen LogP contribution is 2.31. The van der Waals surface area contributed by atoms with Crippen molar-refractivity contribution in [3.05, 3.63) is 34.1 Å². The highest BCUT2D eigenvalue weighted by atomic mass is 79.9. The van der Waals surface area contributed by atoms with E-state index in [0.717, 1.165) is 4.47 Å². The van der Waals surface area contributed by atoms with Gasteiger partial charge < -0.3 is 0 Å². The largest absolute Gasteiger partial charge is 0.207 e. The summed E-state index contributed by atoms with van der Waals surface area (Å²) in [7, 11) is 0. The van der Waals surface area contributed by atoms with Crippen molar-refractivity contribution in [2.75, 3.05) is 0 Å². The molecule has 0 radical (unpaired) electrons. The second-order valence-corrected chi connectivity index (χ2v) is 4.84. The minimum absolute atomic E-state index is 0.0903. The molecule has 0 nitrogen and oxygen atoms in total. The van der Waals surface area contributed by atoms with Gasteiger partial charge in [0.25, 0.3) is 0 Å². The van der Waals surface area contributed by atoms with Gasteiger partial charge in [-0.2, -0.15) is 0 Å². The molecule has 15 heavy (non-hydrogen) atoms. The molecule has 0 saturated heterocycles. The number of benzene rings is 1. The Morgan fingerprint density at radius 3 is 2.67 bits per heavy atom. The average molecular weight is 269 g/mol. The molecule has 0 N–H and O–H groups in total. The van der Waals surface area contributed by atoms with Crippen LogP contribution in [0.3, 0.4) is 0 Å². The predicted molar refractivity (Wildman–Crippen MR) is 65.1 cm³/mol. The molecule has 1 rings (SSSR count). The second-order valence-electron chi connectivity index (χ2n) is 3.92. The highest BCUT2D eigenvalue weighted by Gasteiger charge is 2.18. The fourth-order valence-corrected chi connectivity index (χ4v) is 2.01. The normalized spacial score (nSPS) is 12.5. The maximum absolute atomic E-state index is 13.6. The van der Waals surface area contributed by atoms with Crippen molar-refractivity contribution in [1.29, 1.82) is 0 Å². The third-order valence-corrected chi connectivity index (χ3v) is 2.99. The van der Waals surface area contributed by atoms with E-state index in [9.17, 15) is 4.39 Å². The Bertz CT molecular complexity index is 377. The molecule has 2 heteroatoms. The van der Waals surface area contributed by atoms with E-state index in [1.165, 1.54) is 6.07 Å². The molecular weight excluding hydrogens is 255 g/mol. The van der Waals surface area contributed by atoms with Gasteiger partial charge >= 0.3 is 0 Å². The van der Waals surface area contributed by atoms with Gasteiger partial charge in [-0.15, -0.1) is 12.3 Å². The van der Waals surface area contributed by atoms with Crippen LogP contribution in [-0.2, 0) is 0 Å². The fourth-order valence-electron chi connectivity index (χ4n) is 1.63. The first-order valence-corrected chi connectivity index (χ1v) is 5.74. The first-order valence-electron chi connectivity index (χ1n) is 4.94. The van der Waals surface area contributed by atoms with E-state index >= 15 is 0 Å². The Kier molecular flexibility index (Phi) is 4.35. The van der Waals surface area contributed by atoms with Crippen LogP contribution in [0.5, 0.6) is 0 Å². The summed E-state index contributed by atoms with van der Waals surface area (Å²) >= 11 is 3.35. The van der Waals surface area contributed by atoms with Crippen LogP contribution < -0.4 is 0 Å². The van der Waals surface area contributed by atoms with Crippen LogP contribution in [0.15, 0.2) is 22.7 Å². The number of rotatable bonds is 3. The maximum atomic E-state index is 13.6. The number of hydrogen-bond acceptors (Lipinski definition) is 0. The van der Waals surface area contributed by atoms with Crippen LogP contribution in [0.2, 0.25) is 0 Å². The highest BCUT2D eigenvalue weighted by molar-refractivity contribution is 9.10. The lowest BCUT2D eigenvalue weighted by molar-refractivity contribution is 0.479. The summed E-state index contributed by atoms with van der Waals surface area (Å²) in [5.74, 6) is 2.87. The molecule has 0 aliphatic rings. The Morgan fingerprint density at radius 1 is 1.47 bits per heavy atom. The first-order chi connectivity index (χ1) is 7.06. The fraction of sp³-hybridized carbons (Fsp3) is 0.385. The molecular formula is C13H14BrF. The van der Waals surface area contributed by atoms with E-state index in [-0.39, 0.29) is 11.7 Å². The van der Waals surface area contributed by atoms with Crippen LogP contribution in [0.1, 0.15) is 31.7 Å². The van der Waals surface area contributed by atoms with Crippen molar-refractivity contribution >= 4 is 15.9 Å². The monoisotopic (exact) mass is 268 g/mol. The molecule has 1 atom stereocenters. The third-order valence-electron chi connectivity index (χ3n) is 2.50. The molecule has 1 aromatic rings. The van der Waals surface area contributed by atoms with Gasteiger partial charge in [0.1, 0.15) is 5.82 Å². The van der Waals surface area contributed by atoms with Crippen molar-refractivity contribution in [2.45, 2.75) is 26.2 Å². The summed E-state index contributed by atoms with van der Waals surface area (Å²) in [5.41, 5.74) is 0.706. The lowest BCUT2D eigenvalue weighted by Gasteiger charge is -2.19. The van der Waals surface area contributed by atoms with Gasteiger partial charge in [0, 0.05) is 16.8 Å². The lowest BCUT2D eigenvalue weighted by atomic mass is 9.86. The molecule has 1 aromatic carbocycles. The smallest absolute Gasteiger partial charge is 0.126 e. The topological polar surface area (TPSA) is 0 Å². The standard InChI is InChI=1S/C13H14BrF/c1-4-5-11(9(2)3)12-8-10(14)6-7-13(12)15/h1,6-9,11H,5H2,2-3H3. The molecule has 0 saturated carbocycles. The van der Waals surface area contributed by atoms with Crippen molar-refractivity contribution in [1.82, 2.24) is 0 Å². The Morgan fingerprint density at radius 2 is 2.13 bits per heavy atom. The van der Waals surface area contributed by atoms with Crippen molar-refractivity contribution in [2.24, 2.45) is 5.92 Å². The maximum Gasteiger partial charge on any atom is 0.126 e. The van der Waals surface area contributed by atoms with E-state index in [4.69, 9.17) is 6.42 Å². The molecule has 0 amide bonds. The van der Waals surface area contributed by atoms with Crippen molar-refractivity contribution in [3.8, 4) is 12.3 Å². The summed E-state index contributed by atoms with van der Waals surface area (Å²) in [4.78, 5) is 0. The molecule has 0 aliphatic carbocycles. The zero-order valence-corrected chi connectivity index (χ0v) is 10.5. The molecule has 0 heterocycles. The van der Waals surface area contributed by atoms with Gasteiger partial charge in [0.15, 0.2) is 0 Å². The average Bonchev–Trinajstić information content (AvgIpc) is 2.18. The summed E-state index contributed by atoms with van der Waals surface area (Å²) in [6.07, 6.45) is 5.88. The first kappa shape index (κ1) is 12.3. The Labute approximate surface area is 99.0 Å². The third kappa shape index (κ3) is 3.07. The summed E-state index contributed by atoms with van der Waals surface area (Å²) in [5, 5.41) is 0. The van der Waals surface area contributed by atoms with E-state index in [0.29, 0.717) is 17.9 Å². The van der Waals surface area contributed by atoms with Gasteiger partial charge in [0.05, 0.1) is 0 Å². The van der Waals surface area contributed by atoms with Gasteiger partial charge in [-0.05, 0) is 29.7 Å². The molecule has 1 unspecified atom stereocenters. The van der Waals surface area contributed by atoms with Gasteiger partial charge in [-0.25, -0.2) is 4.39 Å². The predicted octanol–water partition coefficient (Wildman–Crippen LogP) is 4.35. The zero-order valence-electron chi connectivity index (χ0n) is 8.93. The van der Waals surface area contributed by atoms with E-state index < -0.39 is 0 Å². The molecule has 0 aromatic heterocycles. The van der Waals surface area contributed by atoms with Crippen LogP contribution in [-0.4, -0.2) is 0 Å². The Balaban J connectivity index is 3.11. The lowest BCUT2D eigenvalue weighted by Crippen LogP contribution is -2.08. The number of terminal acetylenes is 1. The van der Waals surface area contributed by atoms with Gasteiger partial charge in [0.2, 0.25) is 0 Å². The quantitative estimate of drug-likeness (QED) is 0.715. The minimum atomic E-state index is -0.174. The van der Waals surface area contributed by atoms with E-state index in [1.54, 1.807) is 6.07 Å². The number of halogens is 2. The van der Waals surface area contributed by atoms with Crippen molar-refractivity contribution < 1.29 is 4.39 Å². The molecule has 0 bridgehead atoms. The van der Waals surface area contributed by atoms with E-state index in [2.05, 4.69) is 35.7 Å².